The van der Waals surface area contributed by atoms with Gasteiger partial charge >= 0.3 is 12.1 Å². The van der Waals surface area contributed by atoms with Gasteiger partial charge in [0.1, 0.15) is 24.9 Å². The van der Waals surface area contributed by atoms with Gasteiger partial charge in [0.15, 0.2) is 30.5 Å². The number of aliphatic hydroxyl groups excluding tert-OH is 3. The van der Waals surface area contributed by atoms with Crippen LogP contribution in [0, 0.1) is 0 Å². The molecule has 1 saturated heterocycles. The molecule has 0 radical (unpaired) electrons. The second-order valence-corrected chi connectivity index (χ2v) is 10.9. The fourth-order valence-electron chi connectivity index (χ4n) is 5.10. The van der Waals surface area contributed by atoms with Crippen LogP contribution in [0.5, 0.6) is 11.5 Å². The lowest BCUT2D eigenvalue weighted by molar-refractivity contribution is -0.294. The van der Waals surface area contributed by atoms with Crippen LogP contribution < -0.4 is 25.4 Å². The molecule has 13 nitrogen and oxygen atoms in total. The molecule has 1 fully saturated rings. The third-order valence-corrected chi connectivity index (χ3v) is 7.25. The van der Waals surface area contributed by atoms with Gasteiger partial charge in [0, 0.05) is 31.1 Å². The first-order chi connectivity index (χ1) is 24.5. The van der Waals surface area contributed by atoms with Crippen molar-refractivity contribution >= 4 is 17.6 Å². The summed E-state index contributed by atoms with van der Waals surface area (Å²) in [6, 6.07) is 8.69. The summed E-state index contributed by atoms with van der Waals surface area (Å²) in [5, 5.41) is 42.7. The molecule has 2 aliphatic heterocycles. The first kappa shape index (κ1) is 28.4. The second-order valence-electron chi connectivity index (χ2n) is 10.9. The molecule has 0 aromatic heterocycles. The molecular weight excluding hydrogens is 631 g/mol. The monoisotopic (exact) mass is 677 g/mol. The van der Waals surface area contributed by atoms with E-state index in [0.29, 0.717) is 17.5 Å². The number of nitrogens with two attached hydrogens (primary N) is 1. The van der Waals surface area contributed by atoms with Crippen LogP contribution in [-0.2, 0) is 27.1 Å². The zero-order chi connectivity index (χ0) is 39.7. The first-order valence-corrected chi connectivity index (χ1v) is 14.5. The lowest BCUT2D eigenvalue weighted by Crippen LogP contribution is -2.60. The Bertz CT molecular complexity index is 1640. The Balaban J connectivity index is 1.45. The largest absolute Gasteiger partial charge is 0.488 e. The molecule has 5 unspecified atom stereocenters. The Morgan fingerprint density at radius 2 is 1.85 bits per heavy atom. The molecule has 47 heavy (non-hydrogen) atoms. The summed E-state index contributed by atoms with van der Waals surface area (Å²) >= 11 is 0. The molecule has 4 rings (SSSR count). The maximum Gasteiger partial charge on any atom is 0.422 e. The standard InChI is InChI=1S/C31H40F3N3O10/c1-17(36-8-12-44-21-5-2-3-6-22(21)46-16-31(32,33)34)13-18-14-19-7-10-37(23(19)20(15-18)28(35)41)9-4-11-45-30-26(40)24(38)25(39)27(47-30)29(42)43/h2-3,5-6,14-15,17,24-27,30,36,38-40H,4,7-13,16H2,1H3,(H2,35,41)(H,42,43)/t17-,24?,25?,26?,27?,30?/m1/s1/i4D2,9D2,11D2. The van der Waals surface area contributed by atoms with Crippen molar-refractivity contribution in [2.24, 2.45) is 5.73 Å². The molecule has 260 valence electrons. The zero-order valence-electron chi connectivity index (χ0n) is 31.1. The van der Waals surface area contributed by atoms with Crippen LogP contribution in [0.2, 0.25) is 0 Å². The molecule has 7 N–H and O–H groups in total. The molecular formula is C31H40F3N3O10. The summed E-state index contributed by atoms with van der Waals surface area (Å²) in [5.74, 6) is -2.75. The number of nitrogens with zero attached hydrogens (tertiary/aromatic N) is 1. The van der Waals surface area contributed by atoms with E-state index in [9.17, 15) is 43.2 Å². The Morgan fingerprint density at radius 1 is 1.15 bits per heavy atom. The van der Waals surface area contributed by atoms with Crippen molar-refractivity contribution in [3.63, 3.8) is 0 Å². The maximum atomic E-state index is 12.7. The first-order valence-electron chi connectivity index (χ1n) is 17.5. The number of fused-ring (bicyclic) bond motifs is 1. The van der Waals surface area contributed by atoms with E-state index >= 15 is 0 Å². The number of aliphatic carboxylic acids is 1. The Morgan fingerprint density at radius 3 is 2.51 bits per heavy atom. The van der Waals surface area contributed by atoms with Crippen molar-refractivity contribution in [3.05, 3.63) is 53.1 Å². The van der Waals surface area contributed by atoms with Crippen LogP contribution in [-0.4, -0.2) is 115 Å². The van der Waals surface area contributed by atoms with Crippen LogP contribution in [0.4, 0.5) is 18.9 Å². The topological polar surface area (TPSA) is 193 Å². The Labute approximate surface area is 277 Å². The van der Waals surface area contributed by atoms with Crippen LogP contribution in [0.25, 0.3) is 0 Å². The quantitative estimate of drug-likeness (QED) is 0.138. The van der Waals surface area contributed by atoms with E-state index < -0.39 is 74.8 Å². The summed E-state index contributed by atoms with van der Waals surface area (Å²) in [6.45, 7) is -6.58. The van der Waals surface area contributed by atoms with Crippen molar-refractivity contribution in [2.75, 3.05) is 44.3 Å². The number of carboxylic acid groups (broad SMARTS) is 1. The summed E-state index contributed by atoms with van der Waals surface area (Å²) in [4.78, 5) is 25.0. The molecule has 0 spiro atoms. The lowest BCUT2D eigenvalue weighted by atomic mass is 9.98. The highest BCUT2D eigenvalue weighted by Crippen LogP contribution is 2.34. The average molecular weight is 678 g/mol. The highest BCUT2D eigenvalue weighted by atomic mass is 19.4. The fourth-order valence-corrected chi connectivity index (χ4v) is 5.10. The number of rotatable bonds is 16. The van der Waals surface area contributed by atoms with Crippen LogP contribution in [0.3, 0.4) is 0 Å². The van der Waals surface area contributed by atoms with E-state index in [0.717, 1.165) is 4.90 Å². The van der Waals surface area contributed by atoms with Gasteiger partial charge in [-0.05, 0) is 55.5 Å². The van der Waals surface area contributed by atoms with Gasteiger partial charge in [-0.1, -0.05) is 18.2 Å². The smallest absolute Gasteiger partial charge is 0.422 e. The van der Waals surface area contributed by atoms with Crippen LogP contribution in [0.15, 0.2) is 36.4 Å². The number of hydrogen-bond donors (Lipinski definition) is 6. The van der Waals surface area contributed by atoms with E-state index in [1.165, 1.54) is 24.3 Å². The number of anilines is 1. The molecule has 0 bridgehead atoms. The predicted molar refractivity (Wildman–Crippen MR) is 160 cm³/mol. The van der Waals surface area contributed by atoms with E-state index in [-0.39, 0.29) is 54.9 Å². The van der Waals surface area contributed by atoms with Gasteiger partial charge in [-0.15, -0.1) is 0 Å². The number of carbonyl (C=O) groups is 2. The second kappa shape index (κ2) is 16.0. The number of hydrogen-bond acceptors (Lipinski definition) is 11. The average Bonchev–Trinajstić information content (AvgIpc) is 3.50. The summed E-state index contributed by atoms with van der Waals surface area (Å²) in [5.41, 5.74) is 6.39. The number of primary amides is 1. The molecule has 2 heterocycles. The summed E-state index contributed by atoms with van der Waals surface area (Å²) in [7, 11) is 0. The minimum atomic E-state index is -4.52. The van der Waals surface area contributed by atoms with E-state index in [1.807, 2.05) is 6.92 Å². The van der Waals surface area contributed by atoms with E-state index in [1.54, 1.807) is 12.1 Å². The third-order valence-electron chi connectivity index (χ3n) is 7.25. The Kier molecular flexibility index (Phi) is 9.62. The SMILES string of the molecule is [2H]C([2H])(OC1OC(C(=O)O)C(O)C(O)C1O)C([2H])([2H])C([2H])([2H])N1CCc2cc(C[C@@H](C)NCCOc3ccccc3OCC(F)(F)F)cc(C(N)=O)c21. The number of carboxylic acids is 1. The number of benzene rings is 2. The van der Waals surface area contributed by atoms with Gasteiger partial charge in [-0.2, -0.15) is 13.2 Å². The number of ether oxygens (including phenoxy) is 4. The maximum absolute atomic E-state index is 12.7. The van der Waals surface area contributed by atoms with Gasteiger partial charge in [0.25, 0.3) is 5.91 Å². The van der Waals surface area contributed by atoms with Crippen molar-refractivity contribution in [3.8, 4) is 11.5 Å². The van der Waals surface area contributed by atoms with E-state index in [4.69, 9.17) is 32.9 Å². The lowest BCUT2D eigenvalue weighted by Gasteiger charge is -2.38. The molecule has 2 aromatic rings. The molecule has 0 aliphatic carbocycles. The summed E-state index contributed by atoms with van der Waals surface area (Å²) < 4.78 is 109. The third kappa shape index (κ3) is 9.68. The molecule has 2 aromatic carbocycles. The van der Waals surface area contributed by atoms with Gasteiger partial charge in [0.2, 0.25) is 0 Å². The fraction of sp³-hybridized carbons (Fsp3) is 0.548. The molecule has 0 saturated carbocycles. The number of para-hydroxylation sites is 2. The van der Waals surface area contributed by atoms with Crippen molar-refractivity contribution in [1.82, 2.24) is 5.32 Å². The van der Waals surface area contributed by atoms with Gasteiger partial charge in [-0.25, -0.2) is 4.79 Å². The molecule has 1 amide bonds. The summed E-state index contributed by atoms with van der Waals surface area (Å²) in [6.07, 6.45) is -18.9. The number of aliphatic hydroxyl groups is 3. The van der Waals surface area contributed by atoms with Crippen LogP contribution >= 0.6 is 0 Å². The number of alkyl halides is 3. The highest BCUT2D eigenvalue weighted by molar-refractivity contribution is 6.00. The number of halogens is 3. The van der Waals surface area contributed by atoms with E-state index in [2.05, 4.69) is 5.32 Å². The highest BCUT2D eigenvalue weighted by Gasteiger charge is 2.47. The molecule has 6 atom stereocenters. The molecule has 16 heteroatoms. The Hall–Kier alpha value is -3.67. The van der Waals surface area contributed by atoms with Crippen molar-refractivity contribution in [2.45, 2.75) is 69.1 Å². The van der Waals surface area contributed by atoms with Crippen LogP contribution in [0.1, 0.15) is 43.0 Å². The van der Waals surface area contributed by atoms with Gasteiger partial charge in [-0.3, -0.25) is 4.79 Å². The van der Waals surface area contributed by atoms with Gasteiger partial charge < -0.3 is 55.3 Å². The van der Waals surface area contributed by atoms with Gasteiger partial charge in [0.05, 0.1) is 20.6 Å². The normalized spacial score (nSPS) is 26.1. The zero-order valence-corrected chi connectivity index (χ0v) is 25.1. The minimum absolute atomic E-state index is 0.0607. The predicted octanol–water partition coefficient (Wildman–Crippen LogP) is 0.988. The van der Waals surface area contributed by atoms with Crippen molar-refractivity contribution in [1.29, 1.82) is 0 Å². The number of nitrogens with one attached hydrogen (secondary N) is 1. The minimum Gasteiger partial charge on any atom is -0.488 e. The van der Waals surface area contributed by atoms with Crippen molar-refractivity contribution < 1.29 is 70.4 Å². The number of amides is 1. The number of carbonyl (C=O) groups excluding carboxylic acids is 1. The molecule has 2 aliphatic rings.